The highest BCUT2D eigenvalue weighted by Gasteiger charge is 2.10. The molecular weight excluding hydrogens is 198 g/mol. The van der Waals surface area contributed by atoms with Crippen molar-refractivity contribution in [3.05, 3.63) is 28.3 Å². The van der Waals surface area contributed by atoms with Crippen LogP contribution in [0.15, 0.2) is 6.07 Å². The van der Waals surface area contributed by atoms with Gasteiger partial charge in [-0.3, -0.25) is 0 Å². The summed E-state index contributed by atoms with van der Waals surface area (Å²) < 4.78 is 5.36. The van der Waals surface area contributed by atoms with Crippen LogP contribution in [0, 0.1) is 20.8 Å². The molecule has 1 aromatic rings. The van der Waals surface area contributed by atoms with E-state index in [2.05, 4.69) is 33.8 Å². The third kappa shape index (κ3) is 2.76. The first-order valence-electron chi connectivity index (χ1n) is 5.86. The summed E-state index contributed by atoms with van der Waals surface area (Å²) in [5.74, 6) is 0.986. The van der Waals surface area contributed by atoms with E-state index in [1.165, 1.54) is 22.3 Å². The third-order valence-electron chi connectivity index (χ3n) is 3.28. The fourth-order valence-corrected chi connectivity index (χ4v) is 2.07. The quantitative estimate of drug-likeness (QED) is 0.848. The van der Waals surface area contributed by atoms with Crippen LogP contribution in [0.5, 0.6) is 5.75 Å². The lowest BCUT2D eigenvalue weighted by molar-refractivity contribution is 0.410. The van der Waals surface area contributed by atoms with Crippen LogP contribution in [-0.2, 0) is 6.42 Å². The molecule has 0 saturated heterocycles. The van der Waals surface area contributed by atoms with E-state index in [0.717, 1.165) is 18.6 Å². The molecule has 16 heavy (non-hydrogen) atoms. The highest BCUT2D eigenvalue weighted by molar-refractivity contribution is 5.48. The van der Waals surface area contributed by atoms with Crippen LogP contribution in [0.1, 0.15) is 35.6 Å². The van der Waals surface area contributed by atoms with Gasteiger partial charge in [0, 0.05) is 6.04 Å². The zero-order valence-corrected chi connectivity index (χ0v) is 11.1. The first-order chi connectivity index (χ1) is 7.47. The Kier molecular flexibility index (Phi) is 4.36. The minimum absolute atomic E-state index is 0.265. The van der Waals surface area contributed by atoms with Crippen molar-refractivity contribution in [3.63, 3.8) is 0 Å². The standard InChI is InChI=1S/C14H23NO/c1-9-8-14(16-5)12(4)11(3)13(9)7-6-10(2)15/h8,10H,6-7,15H2,1-5H3. The summed E-state index contributed by atoms with van der Waals surface area (Å²) in [4.78, 5) is 0. The minimum Gasteiger partial charge on any atom is -0.496 e. The lowest BCUT2D eigenvalue weighted by atomic mass is 9.93. The molecule has 1 aromatic carbocycles. The average Bonchev–Trinajstić information content (AvgIpc) is 2.22. The SMILES string of the molecule is COc1cc(C)c(CCC(C)N)c(C)c1C. The lowest BCUT2D eigenvalue weighted by Crippen LogP contribution is -2.16. The number of hydrogen-bond donors (Lipinski definition) is 1. The van der Waals surface area contributed by atoms with Crippen molar-refractivity contribution in [2.24, 2.45) is 5.73 Å². The highest BCUT2D eigenvalue weighted by atomic mass is 16.5. The molecule has 0 aliphatic heterocycles. The zero-order chi connectivity index (χ0) is 12.3. The van der Waals surface area contributed by atoms with Gasteiger partial charge in [-0.15, -0.1) is 0 Å². The molecule has 90 valence electrons. The Morgan fingerprint density at radius 3 is 2.38 bits per heavy atom. The van der Waals surface area contributed by atoms with Crippen molar-refractivity contribution in [2.45, 2.75) is 46.6 Å². The minimum atomic E-state index is 0.265. The number of nitrogens with two attached hydrogens (primary N) is 1. The van der Waals surface area contributed by atoms with E-state index in [0.29, 0.717) is 0 Å². The molecule has 1 unspecified atom stereocenters. The van der Waals surface area contributed by atoms with E-state index in [-0.39, 0.29) is 6.04 Å². The third-order valence-corrected chi connectivity index (χ3v) is 3.28. The summed E-state index contributed by atoms with van der Waals surface area (Å²) in [6, 6.07) is 2.39. The Labute approximate surface area is 98.8 Å². The largest absolute Gasteiger partial charge is 0.496 e. The van der Waals surface area contributed by atoms with Crippen LogP contribution in [0.2, 0.25) is 0 Å². The number of benzene rings is 1. The molecule has 0 amide bonds. The topological polar surface area (TPSA) is 35.2 Å². The first kappa shape index (κ1) is 13.0. The normalized spacial score (nSPS) is 12.6. The Hall–Kier alpha value is -1.02. The summed E-state index contributed by atoms with van der Waals surface area (Å²) >= 11 is 0. The van der Waals surface area contributed by atoms with E-state index in [1.807, 2.05) is 0 Å². The Morgan fingerprint density at radius 1 is 1.25 bits per heavy atom. The van der Waals surface area contributed by atoms with E-state index in [4.69, 9.17) is 10.5 Å². The molecule has 1 rings (SSSR count). The van der Waals surface area contributed by atoms with Crippen LogP contribution in [0.4, 0.5) is 0 Å². The van der Waals surface area contributed by atoms with Gasteiger partial charge in [0.05, 0.1) is 7.11 Å². The molecule has 0 aromatic heterocycles. The molecular formula is C14H23NO. The Morgan fingerprint density at radius 2 is 1.88 bits per heavy atom. The molecule has 0 aliphatic carbocycles. The number of hydrogen-bond acceptors (Lipinski definition) is 2. The molecule has 0 fully saturated rings. The molecule has 2 nitrogen and oxygen atoms in total. The van der Waals surface area contributed by atoms with Gasteiger partial charge in [-0.25, -0.2) is 0 Å². The second-order valence-corrected chi connectivity index (χ2v) is 4.64. The number of aryl methyl sites for hydroxylation is 1. The fourth-order valence-electron chi connectivity index (χ4n) is 2.07. The van der Waals surface area contributed by atoms with Crippen LogP contribution in [-0.4, -0.2) is 13.2 Å². The van der Waals surface area contributed by atoms with E-state index >= 15 is 0 Å². The number of methoxy groups -OCH3 is 1. The first-order valence-corrected chi connectivity index (χ1v) is 5.86. The molecule has 1 atom stereocenters. The maximum absolute atomic E-state index is 5.81. The predicted octanol–water partition coefficient (Wildman–Crippen LogP) is 2.90. The average molecular weight is 221 g/mol. The van der Waals surface area contributed by atoms with Gasteiger partial charge in [-0.1, -0.05) is 0 Å². The second-order valence-electron chi connectivity index (χ2n) is 4.64. The summed E-state index contributed by atoms with van der Waals surface area (Å²) in [6.07, 6.45) is 2.09. The fraction of sp³-hybridized carbons (Fsp3) is 0.571. The highest BCUT2D eigenvalue weighted by Crippen LogP contribution is 2.28. The van der Waals surface area contributed by atoms with Gasteiger partial charge in [0.2, 0.25) is 0 Å². The van der Waals surface area contributed by atoms with Crippen molar-refractivity contribution in [1.29, 1.82) is 0 Å². The van der Waals surface area contributed by atoms with Gasteiger partial charge >= 0.3 is 0 Å². The van der Waals surface area contributed by atoms with Crippen LogP contribution in [0.25, 0.3) is 0 Å². The Balaban J connectivity index is 3.05. The van der Waals surface area contributed by atoms with Gasteiger partial charge in [-0.05, 0) is 68.9 Å². The molecule has 0 heterocycles. The number of ether oxygens (including phenoxy) is 1. The van der Waals surface area contributed by atoms with Crippen LogP contribution in [0.3, 0.4) is 0 Å². The van der Waals surface area contributed by atoms with Crippen molar-refractivity contribution in [2.75, 3.05) is 7.11 Å². The van der Waals surface area contributed by atoms with E-state index in [9.17, 15) is 0 Å². The van der Waals surface area contributed by atoms with Crippen molar-refractivity contribution in [1.82, 2.24) is 0 Å². The monoisotopic (exact) mass is 221 g/mol. The van der Waals surface area contributed by atoms with E-state index < -0.39 is 0 Å². The molecule has 0 saturated carbocycles. The van der Waals surface area contributed by atoms with Crippen molar-refractivity contribution >= 4 is 0 Å². The molecule has 2 heteroatoms. The molecule has 0 spiro atoms. The van der Waals surface area contributed by atoms with Crippen LogP contribution >= 0.6 is 0 Å². The van der Waals surface area contributed by atoms with Gasteiger partial charge in [-0.2, -0.15) is 0 Å². The Bertz CT molecular complexity index is 369. The van der Waals surface area contributed by atoms with Gasteiger partial charge < -0.3 is 10.5 Å². The second kappa shape index (κ2) is 5.35. The maximum atomic E-state index is 5.81. The summed E-state index contributed by atoms with van der Waals surface area (Å²) in [5, 5.41) is 0. The summed E-state index contributed by atoms with van der Waals surface area (Å²) in [5.41, 5.74) is 11.1. The summed E-state index contributed by atoms with van der Waals surface area (Å²) in [7, 11) is 1.73. The molecule has 0 aliphatic rings. The van der Waals surface area contributed by atoms with Crippen molar-refractivity contribution in [3.8, 4) is 5.75 Å². The van der Waals surface area contributed by atoms with Crippen LogP contribution < -0.4 is 10.5 Å². The van der Waals surface area contributed by atoms with Crippen molar-refractivity contribution < 1.29 is 4.74 Å². The zero-order valence-electron chi connectivity index (χ0n) is 11.1. The van der Waals surface area contributed by atoms with Gasteiger partial charge in [0.25, 0.3) is 0 Å². The smallest absolute Gasteiger partial charge is 0.122 e. The van der Waals surface area contributed by atoms with Gasteiger partial charge in [0.1, 0.15) is 5.75 Å². The molecule has 2 N–H and O–H groups in total. The lowest BCUT2D eigenvalue weighted by Gasteiger charge is -2.16. The van der Waals surface area contributed by atoms with E-state index in [1.54, 1.807) is 7.11 Å². The van der Waals surface area contributed by atoms with Gasteiger partial charge in [0.15, 0.2) is 0 Å². The maximum Gasteiger partial charge on any atom is 0.122 e. The number of rotatable bonds is 4. The summed E-state index contributed by atoms with van der Waals surface area (Å²) in [6.45, 7) is 8.48. The molecule has 0 radical (unpaired) electrons. The molecule has 0 bridgehead atoms. The predicted molar refractivity (Wildman–Crippen MR) is 69.2 cm³/mol.